The Morgan fingerprint density at radius 3 is 1.23 bits per heavy atom. The summed E-state index contributed by atoms with van der Waals surface area (Å²) < 4.78 is 10.9. The Morgan fingerprint density at radius 2 is 0.814 bits per heavy atom. The van der Waals surface area contributed by atoms with Gasteiger partial charge in [0.1, 0.15) is 11.5 Å². The van der Waals surface area contributed by atoms with Crippen molar-refractivity contribution in [2.45, 2.75) is 5.41 Å². The standard InChI is InChI=1S/C39H24N2O2/c40-25-42-37-21-19-29(23-33(37)27-11-3-1-4-12-27)39(35-17-9-7-15-31(35)32-16-8-10-18-36(32)39)30-20-22-38(43-26-41)34(24-30)28-13-5-2-6-14-28/h1-24H. The molecule has 0 heterocycles. The minimum Gasteiger partial charge on any atom is -0.387 e. The van der Waals surface area contributed by atoms with E-state index in [1.807, 2.05) is 85.3 Å². The molecular formula is C39H24N2O2. The van der Waals surface area contributed by atoms with E-state index in [1.165, 1.54) is 0 Å². The van der Waals surface area contributed by atoms with Crippen molar-refractivity contribution < 1.29 is 9.47 Å². The fourth-order valence-corrected chi connectivity index (χ4v) is 6.51. The highest BCUT2D eigenvalue weighted by molar-refractivity contribution is 5.88. The predicted molar refractivity (Wildman–Crippen MR) is 167 cm³/mol. The summed E-state index contributed by atoms with van der Waals surface area (Å²) in [6.45, 7) is 0. The van der Waals surface area contributed by atoms with Gasteiger partial charge < -0.3 is 9.47 Å². The molecule has 202 valence electrons. The number of benzene rings is 6. The maximum atomic E-state index is 9.46. The van der Waals surface area contributed by atoms with Crippen LogP contribution in [0, 0.1) is 23.0 Å². The van der Waals surface area contributed by atoms with Crippen LogP contribution in [0.1, 0.15) is 22.3 Å². The molecule has 0 bridgehead atoms. The number of hydrogen-bond acceptors (Lipinski definition) is 4. The molecule has 43 heavy (non-hydrogen) atoms. The SMILES string of the molecule is N#COc1ccc(C2(c3ccc(OC#N)c(-c4ccccc4)c3)c3ccccc3-c3ccccc32)cc1-c1ccccc1. The summed E-state index contributed by atoms with van der Waals surface area (Å²) in [5, 5.41) is 18.9. The molecular weight excluding hydrogens is 528 g/mol. The molecule has 4 nitrogen and oxygen atoms in total. The van der Waals surface area contributed by atoms with E-state index >= 15 is 0 Å². The van der Waals surface area contributed by atoms with Crippen LogP contribution in [0.5, 0.6) is 11.5 Å². The Bertz CT molecular complexity index is 1900. The third-order valence-corrected chi connectivity index (χ3v) is 8.26. The lowest BCUT2D eigenvalue weighted by molar-refractivity contribution is 0.508. The van der Waals surface area contributed by atoms with Crippen LogP contribution >= 0.6 is 0 Å². The van der Waals surface area contributed by atoms with E-state index in [4.69, 9.17) is 9.47 Å². The lowest BCUT2D eigenvalue weighted by Crippen LogP contribution is -2.28. The molecule has 1 aliphatic rings. The van der Waals surface area contributed by atoms with Gasteiger partial charge in [0.05, 0.1) is 5.41 Å². The van der Waals surface area contributed by atoms with Crippen LogP contribution in [0.2, 0.25) is 0 Å². The maximum Gasteiger partial charge on any atom is 0.292 e. The Labute approximate surface area is 250 Å². The van der Waals surface area contributed by atoms with Crippen LogP contribution in [-0.4, -0.2) is 0 Å². The van der Waals surface area contributed by atoms with Gasteiger partial charge in [0.25, 0.3) is 12.5 Å². The molecule has 6 aromatic rings. The van der Waals surface area contributed by atoms with Crippen molar-refractivity contribution in [3.8, 4) is 57.4 Å². The summed E-state index contributed by atoms with van der Waals surface area (Å²) >= 11 is 0. The van der Waals surface area contributed by atoms with E-state index in [1.54, 1.807) is 0 Å². The molecule has 0 saturated heterocycles. The second-order valence-electron chi connectivity index (χ2n) is 10.4. The van der Waals surface area contributed by atoms with Gasteiger partial charge in [-0.2, -0.15) is 0 Å². The van der Waals surface area contributed by atoms with Gasteiger partial charge in [0, 0.05) is 11.1 Å². The molecule has 0 saturated carbocycles. The molecule has 0 N–H and O–H groups in total. The first-order valence-corrected chi connectivity index (χ1v) is 14.0. The molecule has 0 amide bonds. The third kappa shape index (κ3) is 4.13. The van der Waals surface area contributed by atoms with Crippen molar-refractivity contribution in [1.29, 1.82) is 10.5 Å². The number of ether oxygens (including phenoxy) is 2. The third-order valence-electron chi connectivity index (χ3n) is 8.26. The summed E-state index contributed by atoms with van der Waals surface area (Å²) in [5.41, 5.74) is 9.53. The first-order chi connectivity index (χ1) is 21.3. The summed E-state index contributed by atoms with van der Waals surface area (Å²) in [7, 11) is 0. The van der Waals surface area contributed by atoms with Crippen molar-refractivity contribution in [3.05, 3.63) is 168 Å². The number of nitrogens with zero attached hydrogens (tertiary/aromatic N) is 2. The van der Waals surface area contributed by atoms with Gasteiger partial charge >= 0.3 is 0 Å². The molecule has 4 heteroatoms. The zero-order valence-electron chi connectivity index (χ0n) is 23.1. The summed E-state index contributed by atoms with van der Waals surface area (Å²) in [5.74, 6) is 0.991. The van der Waals surface area contributed by atoms with Gasteiger partial charge in [-0.3, -0.25) is 0 Å². The van der Waals surface area contributed by atoms with Crippen molar-refractivity contribution in [1.82, 2.24) is 0 Å². The Hall–Kier alpha value is -6.10. The minimum atomic E-state index is -0.712. The average Bonchev–Trinajstić information content (AvgIpc) is 3.37. The second kappa shape index (κ2) is 10.7. The van der Waals surface area contributed by atoms with Gasteiger partial charge in [-0.25, -0.2) is 0 Å². The number of rotatable bonds is 6. The predicted octanol–water partition coefficient (Wildman–Crippen LogP) is 9.10. The molecule has 0 radical (unpaired) electrons. The van der Waals surface area contributed by atoms with E-state index in [9.17, 15) is 10.5 Å². The molecule has 0 fully saturated rings. The Balaban J connectivity index is 1.59. The van der Waals surface area contributed by atoms with Gasteiger partial charge in [-0.05, 0) is 68.8 Å². The monoisotopic (exact) mass is 552 g/mol. The second-order valence-corrected chi connectivity index (χ2v) is 10.4. The molecule has 7 rings (SSSR count). The lowest BCUT2D eigenvalue weighted by atomic mass is 9.67. The van der Waals surface area contributed by atoms with E-state index in [0.29, 0.717) is 11.5 Å². The fourth-order valence-electron chi connectivity index (χ4n) is 6.51. The number of hydrogen-bond donors (Lipinski definition) is 0. The Morgan fingerprint density at radius 1 is 0.419 bits per heavy atom. The first-order valence-electron chi connectivity index (χ1n) is 14.0. The van der Waals surface area contributed by atoms with Gasteiger partial charge in [0.2, 0.25) is 0 Å². The van der Waals surface area contributed by atoms with Crippen LogP contribution in [0.25, 0.3) is 33.4 Å². The van der Waals surface area contributed by atoms with Gasteiger partial charge in [-0.1, -0.05) is 121 Å². The van der Waals surface area contributed by atoms with E-state index in [0.717, 1.165) is 55.6 Å². The first kappa shape index (κ1) is 25.8. The number of nitriles is 2. The van der Waals surface area contributed by atoms with Gasteiger partial charge in [0.15, 0.2) is 0 Å². The van der Waals surface area contributed by atoms with E-state index in [-0.39, 0.29) is 0 Å². The molecule has 1 aliphatic carbocycles. The van der Waals surface area contributed by atoms with Crippen LogP contribution in [0.3, 0.4) is 0 Å². The molecule has 0 aliphatic heterocycles. The molecule has 0 spiro atoms. The zero-order valence-corrected chi connectivity index (χ0v) is 23.1. The quantitative estimate of drug-likeness (QED) is 0.193. The molecule has 0 unspecified atom stereocenters. The number of fused-ring (bicyclic) bond motifs is 3. The highest BCUT2D eigenvalue weighted by atomic mass is 16.5. The highest BCUT2D eigenvalue weighted by Crippen LogP contribution is 2.57. The van der Waals surface area contributed by atoms with E-state index < -0.39 is 5.41 Å². The highest BCUT2D eigenvalue weighted by Gasteiger charge is 2.46. The fraction of sp³-hybridized carbons (Fsp3) is 0.0256. The largest absolute Gasteiger partial charge is 0.387 e. The minimum absolute atomic E-state index is 0.495. The van der Waals surface area contributed by atoms with Crippen LogP contribution < -0.4 is 9.47 Å². The molecule has 6 aromatic carbocycles. The zero-order chi connectivity index (χ0) is 29.2. The average molecular weight is 553 g/mol. The smallest absolute Gasteiger partial charge is 0.292 e. The van der Waals surface area contributed by atoms with Crippen LogP contribution in [-0.2, 0) is 5.41 Å². The summed E-state index contributed by atoms with van der Waals surface area (Å²) in [6.07, 6.45) is 3.72. The lowest BCUT2D eigenvalue weighted by Gasteiger charge is -2.35. The van der Waals surface area contributed by atoms with Gasteiger partial charge in [-0.15, -0.1) is 10.5 Å². The summed E-state index contributed by atoms with van der Waals surface area (Å²) in [4.78, 5) is 0. The van der Waals surface area contributed by atoms with Crippen molar-refractivity contribution >= 4 is 0 Å². The van der Waals surface area contributed by atoms with Crippen LogP contribution in [0.15, 0.2) is 146 Å². The Kier molecular flexibility index (Phi) is 6.44. The molecule has 0 aromatic heterocycles. The summed E-state index contributed by atoms with van der Waals surface area (Å²) in [6, 6.07) is 49.2. The topological polar surface area (TPSA) is 66.0 Å². The van der Waals surface area contributed by atoms with Crippen molar-refractivity contribution in [3.63, 3.8) is 0 Å². The van der Waals surface area contributed by atoms with E-state index in [2.05, 4.69) is 72.8 Å². The van der Waals surface area contributed by atoms with Crippen molar-refractivity contribution in [2.75, 3.05) is 0 Å². The molecule has 0 atom stereocenters. The van der Waals surface area contributed by atoms with Crippen LogP contribution in [0.4, 0.5) is 0 Å². The normalized spacial score (nSPS) is 12.3. The maximum absolute atomic E-state index is 9.46. The van der Waals surface area contributed by atoms with Crippen molar-refractivity contribution in [2.24, 2.45) is 0 Å².